The van der Waals surface area contributed by atoms with Crippen LogP contribution in [0.4, 0.5) is 0 Å². The van der Waals surface area contributed by atoms with Gasteiger partial charge in [-0.25, -0.2) is 9.97 Å². The second-order valence-corrected chi connectivity index (χ2v) is 6.76. The number of fused-ring (bicyclic) bond motifs is 1. The van der Waals surface area contributed by atoms with E-state index < -0.39 is 6.10 Å². The molecule has 0 spiro atoms. The van der Waals surface area contributed by atoms with E-state index in [4.69, 9.17) is 16.3 Å². The van der Waals surface area contributed by atoms with Crippen LogP contribution in [0, 0.1) is 0 Å². The van der Waals surface area contributed by atoms with E-state index in [1.807, 2.05) is 30.3 Å². The van der Waals surface area contributed by atoms with Crippen molar-refractivity contribution in [2.24, 2.45) is 0 Å². The summed E-state index contributed by atoms with van der Waals surface area (Å²) in [6.45, 7) is 1.78. The number of aromatic nitrogens is 3. The molecule has 2 aromatic heterocycles. The van der Waals surface area contributed by atoms with Crippen LogP contribution < -0.4 is 0 Å². The number of halogens is 2. The summed E-state index contributed by atoms with van der Waals surface area (Å²) in [5.41, 5.74) is 2.43. The Labute approximate surface area is 152 Å². The number of esters is 1. The molecule has 0 bridgehead atoms. The molecule has 124 valence electrons. The van der Waals surface area contributed by atoms with E-state index in [-0.39, 0.29) is 5.97 Å². The van der Waals surface area contributed by atoms with Gasteiger partial charge in [-0.05, 0) is 53.0 Å². The van der Waals surface area contributed by atoms with Crippen molar-refractivity contribution in [3.63, 3.8) is 0 Å². The van der Waals surface area contributed by atoms with Crippen molar-refractivity contribution < 1.29 is 9.53 Å². The summed E-state index contributed by atoms with van der Waals surface area (Å²) in [5.74, 6) is 0.308. The molecular formula is C17H15BrClN3O2. The van der Waals surface area contributed by atoms with E-state index in [2.05, 4.69) is 30.9 Å². The summed E-state index contributed by atoms with van der Waals surface area (Å²) >= 11 is 9.21. The maximum Gasteiger partial charge on any atom is 0.306 e. The first-order valence-electron chi connectivity index (χ1n) is 7.46. The van der Waals surface area contributed by atoms with Gasteiger partial charge in [0.2, 0.25) is 0 Å². The molecule has 0 fully saturated rings. The van der Waals surface area contributed by atoms with E-state index >= 15 is 0 Å². The number of nitrogens with one attached hydrogen (secondary N) is 1. The zero-order chi connectivity index (χ0) is 17.1. The smallest absolute Gasteiger partial charge is 0.306 e. The first-order valence-corrected chi connectivity index (χ1v) is 8.63. The van der Waals surface area contributed by atoms with Crippen LogP contribution in [0.2, 0.25) is 5.02 Å². The van der Waals surface area contributed by atoms with Crippen LogP contribution in [0.15, 0.2) is 41.0 Å². The molecule has 0 saturated carbocycles. The van der Waals surface area contributed by atoms with Gasteiger partial charge in [0, 0.05) is 22.1 Å². The lowest BCUT2D eigenvalue weighted by Crippen LogP contribution is -2.10. The number of ether oxygens (including phenoxy) is 1. The van der Waals surface area contributed by atoms with Gasteiger partial charge in [0.15, 0.2) is 11.8 Å². The highest BCUT2D eigenvalue weighted by Gasteiger charge is 2.16. The SMILES string of the molecule is CC(OC(=O)CCc1ccc(Cl)cc1)c1nc2ncc(Br)cc2[nH]1. The minimum absolute atomic E-state index is 0.271. The monoisotopic (exact) mass is 407 g/mol. The largest absolute Gasteiger partial charge is 0.454 e. The number of imidazole rings is 1. The van der Waals surface area contributed by atoms with Crippen LogP contribution >= 0.6 is 27.5 Å². The van der Waals surface area contributed by atoms with Crippen molar-refractivity contribution in [1.82, 2.24) is 15.0 Å². The Bertz CT molecular complexity index is 864. The third kappa shape index (κ3) is 4.13. The van der Waals surface area contributed by atoms with Gasteiger partial charge in [-0.1, -0.05) is 23.7 Å². The lowest BCUT2D eigenvalue weighted by molar-refractivity contribution is -0.148. The molecular weight excluding hydrogens is 394 g/mol. The standard InChI is InChI=1S/C17H15BrClN3O2/c1-10(16-21-14-8-12(18)9-20-17(14)22-16)24-15(23)7-4-11-2-5-13(19)6-3-11/h2-3,5-6,8-10H,4,7H2,1H3,(H,20,21,22). The molecule has 1 aromatic carbocycles. The highest BCUT2D eigenvalue weighted by molar-refractivity contribution is 9.10. The Kier molecular flexibility index (Phi) is 5.16. The number of H-pyrrole nitrogens is 1. The number of rotatable bonds is 5. The van der Waals surface area contributed by atoms with E-state index in [0.29, 0.717) is 29.3 Å². The highest BCUT2D eigenvalue weighted by atomic mass is 79.9. The minimum Gasteiger partial charge on any atom is -0.454 e. The second-order valence-electron chi connectivity index (χ2n) is 5.41. The normalized spacial score (nSPS) is 12.3. The molecule has 7 heteroatoms. The third-order valence-electron chi connectivity index (χ3n) is 3.55. The topological polar surface area (TPSA) is 67.9 Å². The van der Waals surface area contributed by atoms with Gasteiger partial charge in [0.05, 0.1) is 5.52 Å². The predicted octanol–water partition coefficient (Wildman–Crippen LogP) is 4.61. The summed E-state index contributed by atoms with van der Waals surface area (Å²) < 4.78 is 6.30. The summed E-state index contributed by atoms with van der Waals surface area (Å²) in [5, 5.41) is 0.681. The summed E-state index contributed by atoms with van der Waals surface area (Å²) in [6, 6.07) is 9.31. The lowest BCUT2D eigenvalue weighted by Gasteiger charge is -2.10. The average molecular weight is 409 g/mol. The molecule has 5 nitrogen and oxygen atoms in total. The molecule has 2 heterocycles. The van der Waals surface area contributed by atoms with Crippen LogP contribution in [0.3, 0.4) is 0 Å². The number of nitrogens with zero attached hydrogens (tertiary/aromatic N) is 2. The summed E-state index contributed by atoms with van der Waals surface area (Å²) in [4.78, 5) is 23.7. The average Bonchev–Trinajstić information content (AvgIpc) is 2.97. The predicted molar refractivity (Wildman–Crippen MR) is 95.9 cm³/mol. The number of pyridine rings is 1. The number of aromatic amines is 1. The van der Waals surface area contributed by atoms with Gasteiger partial charge in [0.25, 0.3) is 0 Å². The Morgan fingerprint density at radius 3 is 2.88 bits per heavy atom. The first-order chi connectivity index (χ1) is 11.5. The van der Waals surface area contributed by atoms with Crippen molar-refractivity contribution in [2.75, 3.05) is 0 Å². The van der Waals surface area contributed by atoms with Crippen molar-refractivity contribution in [2.45, 2.75) is 25.9 Å². The Hall–Kier alpha value is -1.92. The molecule has 0 amide bonds. The van der Waals surface area contributed by atoms with Gasteiger partial charge in [-0.2, -0.15) is 0 Å². The van der Waals surface area contributed by atoms with Gasteiger partial charge in [0.1, 0.15) is 5.82 Å². The Morgan fingerprint density at radius 2 is 2.12 bits per heavy atom. The maximum atomic E-state index is 12.0. The lowest BCUT2D eigenvalue weighted by atomic mass is 10.1. The van der Waals surface area contributed by atoms with E-state index in [1.54, 1.807) is 13.1 Å². The molecule has 24 heavy (non-hydrogen) atoms. The molecule has 0 aliphatic rings. The Balaban J connectivity index is 1.59. The van der Waals surface area contributed by atoms with E-state index in [0.717, 1.165) is 15.6 Å². The molecule has 1 N–H and O–H groups in total. The molecule has 1 unspecified atom stereocenters. The van der Waals surface area contributed by atoms with Gasteiger partial charge in [-0.3, -0.25) is 4.79 Å². The molecule has 3 aromatic rings. The molecule has 1 atom stereocenters. The van der Waals surface area contributed by atoms with Crippen LogP contribution in [0.1, 0.15) is 30.8 Å². The van der Waals surface area contributed by atoms with Crippen molar-refractivity contribution in [1.29, 1.82) is 0 Å². The maximum absolute atomic E-state index is 12.0. The molecule has 0 aliphatic heterocycles. The van der Waals surface area contributed by atoms with Gasteiger partial charge in [-0.15, -0.1) is 0 Å². The molecule has 0 aliphatic carbocycles. The van der Waals surface area contributed by atoms with E-state index in [1.165, 1.54) is 0 Å². The molecule has 0 saturated heterocycles. The fraction of sp³-hybridized carbons (Fsp3) is 0.235. The third-order valence-corrected chi connectivity index (χ3v) is 4.23. The zero-order valence-electron chi connectivity index (χ0n) is 12.9. The van der Waals surface area contributed by atoms with Gasteiger partial charge < -0.3 is 9.72 Å². The van der Waals surface area contributed by atoms with Crippen LogP contribution in [-0.4, -0.2) is 20.9 Å². The van der Waals surface area contributed by atoms with Crippen molar-refractivity contribution in [3.05, 3.63) is 57.4 Å². The van der Waals surface area contributed by atoms with Crippen molar-refractivity contribution in [3.8, 4) is 0 Å². The number of hydrogen-bond acceptors (Lipinski definition) is 4. The number of carbonyl (C=O) groups excluding carboxylic acids is 1. The Morgan fingerprint density at radius 1 is 1.38 bits per heavy atom. The second kappa shape index (κ2) is 7.32. The fourth-order valence-electron chi connectivity index (χ4n) is 2.30. The number of carbonyl (C=O) groups is 1. The summed E-state index contributed by atoms with van der Waals surface area (Å²) in [6.07, 6.45) is 2.12. The molecule has 0 radical (unpaired) electrons. The highest BCUT2D eigenvalue weighted by Crippen LogP contribution is 2.20. The minimum atomic E-state index is -0.462. The van der Waals surface area contributed by atoms with Gasteiger partial charge >= 0.3 is 5.97 Å². The first kappa shape index (κ1) is 16.9. The van der Waals surface area contributed by atoms with Crippen LogP contribution in [-0.2, 0) is 16.0 Å². The van der Waals surface area contributed by atoms with Crippen LogP contribution in [0.25, 0.3) is 11.2 Å². The number of hydrogen-bond donors (Lipinski definition) is 1. The quantitative estimate of drug-likeness (QED) is 0.626. The van der Waals surface area contributed by atoms with Crippen molar-refractivity contribution >= 4 is 44.7 Å². The summed E-state index contributed by atoms with van der Waals surface area (Å²) in [7, 11) is 0. The van der Waals surface area contributed by atoms with Crippen LogP contribution in [0.5, 0.6) is 0 Å². The molecule has 3 rings (SSSR count). The zero-order valence-corrected chi connectivity index (χ0v) is 15.3. The number of benzene rings is 1. The fourth-order valence-corrected chi connectivity index (χ4v) is 2.75. The van der Waals surface area contributed by atoms with E-state index in [9.17, 15) is 4.79 Å². The number of aryl methyl sites for hydroxylation is 1.